The summed E-state index contributed by atoms with van der Waals surface area (Å²) in [5.41, 5.74) is 7.85. The maximum absolute atomic E-state index is 5.80. The van der Waals surface area contributed by atoms with Gasteiger partial charge in [-0.15, -0.1) is 0 Å². The van der Waals surface area contributed by atoms with Crippen LogP contribution >= 0.6 is 0 Å². The van der Waals surface area contributed by atoms with Gasteiger partial charge in [0.2, 0.25) is 0 Å². The van der Waals surface area contributed by atoms with Crippen LogP contribution in [0.15, 0.2) is 24.3 Å². The average molecular weight is 296 g/mol. The van der Waals surface area contributed by atoms with Crippen molar-refractivity contribution in [3.8, 4) is 0 Å². The summed E-state index contributed by atoms with van der Waals surface area (Å²) in [6, 6.07) is 8.02. The van der Waals surface area contributed by atoms with Gasteiger partial charge in [-0.25, -0.2) is 0 Å². The van der Waals surface area contributed by atoms with Crippen LogP contribution in [0.5, 0.6) is 0 Å². The van der Waals surface area contributed by atoms with E-state index in [2.05, 4.69) is 17.9 Å². The molecule has 0 unspecified atom stereocenters. The van der Waals surface area contributed by atoms with Crippen molar-refractivity contribution in [2.24, 2.45) is 0 Å². The van der Waals surface area contributed by atoms with Crippen LogP contribution in [0.2, 0.25) is 0 Å². The molecule has 0 radical (unpaired) electrons. The first kappa shape index (κ1) is 17.9. The molecule has 120 valence electrons. The molecule has 5 nitrogen and oxygen atoms in total. The Labute approximate surface area is 128 Å². The highest BCUT2D eigenvalue weighted by atomic mass is 16.5. The van der Waals surface area contributed by atoms with Crippen LogP contribution in [-0.4, -0.2) is 58.1 Å². The van der Waals surface area contributed by atoms with Gasteiger partial charge in [0.05, 0.1) is 33.0 Å². The van der Waals surface area contributed by atoms with Crippen LogP contribution in [0.1, 0.15) is 12.5 Å². The second kappa shape index (κ2) is 11.5. The molecule has 0 aliphatic carbocycles. The first-order valence-electron chi connectivity index (χ1n) is 7.47. The third-order valence-electron chi connectivity index (χ3n) is 3.16. The van der Waals surface area contributed by atoms with E-state index in [-0.39, 0.29) is 0 Å². The molecular weight excluding hydrogens is 268 g/mol. The summed E-state index contributed by atoms with van der Waals surface area (Å²) >= 11 is 0. The van der Waals surface area contributed by atoms with E-state index >= 15 is 0 Å². The van der Waals surface area contributed by atoms with Crippen LogP contribution in [0.25, 0.3) is 0 Å². The van der Waals surface area contributed by atoms with E-state index in [1.165, 1.54) is 5.56 Å². The Morgan fingerprint density at radius 1 is 1.05 bits per heavy atom. The SMILES string of the molecule is CCN(CCOCCOCCOC)Cc1cccc(N)c1. The largest absolute Gasteiger partial charge is 0.399 e. The van der Waals surface area contributed by atoms with E-state index < -0.39 is 0 Å². The molecule has 5 heteroatoms. The first-order chi connectivity index (χ1) is 10.3. The topological polar surface area (TPSA) is 57.0 Å². The zero-order valence-electron chi connectivity index (χ0n) is 13.2. The number of ether oxygens (including phenoxy) is 3. The molecule has 1 aromatic rings. The molecule has 0 aliphatic rings. The molecule has 0 amide bonds. The fourth-order valence-electron chi connectivity index (χ4n) is 1.96. The lowest BCUT2D eigenvalue weighted by Gasteiger charge is -2.20. The Morgan fingerprint density at radius 2 is 1.76 bits per heavy atom. The number of rotatable bonds is 12. The van der Waals surface area contributed by atoms with E-state index in [4.69, 9.17) is 19.9 Å². The van der Waals surface area contributed by atoms with E-state index in [0.717, 1.165) is 25.3 Å². The number of methoxy groups -OCH3 is 1. The summed E-state index contributed by atoms with van der Waals surface area (Å²) in [5.74, 6) is 0. The fraction of sp³-hybridized carbons (Fsp3) is 0.625. The van der Waals surface area contributed by atoms with Gasteiger partial charge in [0.25, 0.3) is 0 Å². The molecule has 0 saturated carbocycles. The van der Waals surface area contributed by atoms with Crippen molar-refractivity contribution in [2.45, 2.75) is 13.5 Å². The van der Waals surface area contributed by atoms with Crippen LogP contribution in [0.3, 0.4) is 0 Å². The van der Waals surface area contributed by atoms with Crippen LogP contribution < -0.4 is 5.73 Å². The number of nitrogen functional groups attached to an aromatic ring is 1. The number of hydrogen-bond acceptors (Lipinski definition) is 5. The number of likely N-dealkylation sites (N-methyl/N-ethyl adjacent to an activating group) is 1. The highest BCUT2D eigenvalue weighted by molar-refractivity contribution is 5.40. The average Bonchev–Trinajstić information content (AvgIpc) is 2.48. The first-order valence-corrected chi connectivity index (χ1v) is 7.47. The molecule has 0 atom stereocenters. The maximum Gasteiger partial charge on any atom is 0.0701 e. The third kappa shape index (κ3) is 8.67. The zero-order chi connectivity index (χ0) is 15.3. The molecule has 0 heterocycles. The standard InChI is InChI=1S/C16H28N2O3/c1-3-18(14-15-5-4-6-16(17)13-15)7-8-20-11-12-21-10-9-19-2/h4-6,13H,3,7-12,14,17H2,1-2H3. The van der Waals surface area contributed by atoms with Crippen LogP contribution in [-0.2, 0) is 20.8 Å². The summed E-state index contributed by atoms with van der Waals surface area (Å²) in [5, 5.41) is 0. The zero-order valence-corrected chi connectivity index (χ0v) is 13.2. The van der Waals surface area contributed by atoms with Crippen LogP contribution in [0, 0.1) is 0 Å². The van der Waals surface area contributed by atoms with E-state index in [9.17, 15) is 0 Å². The molecule has 1 rings (SSSR count). The van der Waals surface area contributed by atoms with Gasteiger partial charge >= 0.3 is 0 Å². The van der Waals surface area contributed by atoms with E-state index in [0.29, 0.717) is 33.0 Å². The van der Waals surface area contributed by atoms with Crippen molar-refractivity contribution in [1.82, 2.24) is 4.90 Å². The molecule has 1 aromatic carbocycles. The Hall–Kier alpha value is -1.14. The van der Waals surface area contributed by atoms with Crippen LogP contribution in [0.4, 0.5) is 5.69 Å². The van der Waals surface area contributed by atoms with Crippen molar-refractivity contribution in [3.05, 3.63) is 29.8 Å². The molecule has 0 aromatic heterocycles. The minimum atomic E-state index is 0.616. The predicted octanol–water partition coefficient (Wildman–Crippen LogP) is 1.77. The number of benzene rings is 1. The molecule has 0 bridgehead atoms. The fourth-order valence-corrected chi connectivity index (χ4v) is 1.96. The van der Waals surface area contributed by atoms with Crippen molar-refractivity contribution in [2.75, 3.05) is 59.0 Å². The quantitative estimate of drug-likeness (QED) is 0.470. The Balaban J connectivity index is 2.11. The van der Waals surface area contributed by atoms with Gasteiger partial charge in [-0.1, -0.05) is 19.1 Å². The van der Waals surface area contributed by atoms with Gasteiger partial charge in [0, 0.05) is 25.9 Å². The Morgan fingerprint density at radius 3 is 2.43 bits per heavy atom. The number of nitrogens with two attached hydrogens (primary N) is 1. The lowest BCUT2D eigenvalue weighted by molar-refractivity contribution is 0.0193. The monoisotopic (exact) mass is 296 g/mol. The molecule has 0 saturated heterocycles. The number of anilines is 1. The molecular formula is C16H28N2O3. The lowest BCUT2D eigenvalue weighted by Crippen LogP contribution is -2.27. The van der Waals surface area contributed by atoms with E-state index in [1.807, 2.05) is 18.2 Å². The number of hydrogen-bond donors (Lipinski definition) is 1. The van der Waals surface area contributed by atoms with Gasteiger partial charge in [-0.2, -0.15) is 0 Å². The van der Waals surface area contributed by atoms with Crippen molar-refractivity contribution >= 4 is 5.69 Å². The summed E-state index contributed by atoms with van der Waals surface area (Å²) in [6.45, 7) is 8.15. The van der Waals surface area contributed by atoms with Gasteiger partial charge in [0.15, 0.2) is 0 Å². The molecule has 0 aliphatic heterocycles. The van der Waals surface area contributed by atoms with Crippen molar-refractivity contribution in [3.63, 3.8) is 0 Å². The predicted molar refractivity (Wildman–Crippen MR) is 85.3 cm³/mol. The van der Waals surface area contributed by atoms with Crippen molar-refractivity contribution < 1.29 is 14.2 Å². The summed E-state index contributed by atoms with van der Waals surface area (Å²) in [4.78, 5) is 2.33. The van der Waals surface area contributed by atoms with Crippen molar-refractivity contribution in [1.29, 1.82) is 0 Å². The number of nitrogens with zero attached hydrogens (tertiary/aromatic N) is 1. The smallest absolute Gasteiger partial charge is 0.0701 e. The highest BCUT2D eigenvalue weighted by Gasteiger charge is 2.04. The second-order valence-corrected chi connectivity index (χ2v) is 4.83. The maximum atomic E-state index is 5.80. The molecule has 2 N–H and O–H groups in total. The Bertz CT molecular complexity index is 374. The highest BCUT2D eigenvalue weighted by Crippen LogP contribution is 2.09. The summed E-state index contributed by atoms with van der Waals surface area (Å²) in [7, 11) is 1.67. The lowest BCUT2D eigenvalue weighted by atomic mass is 10.2. The van der Waals surface area contributed by atoms with Gasteiger partial charge in [0.1, 0.15) is 0 Å². The molecule has 0 spiro atoms. The van der Waals surface area contributed by atoms with Gasteiger partial charge in [-0.05, 0) is 24.2 Å². The normalized spacial score (nSPS) is 11.2. The minimum absolute atomic E-state index is 0.616. The van der Waals surface area contributed by atoms with Gasteiger partial charge < -0.3 is 19.9 Å². The summed E-state index contributed by atoms with van der Waals surface area (Å²) in [6.07, 6.45) is 0. The van der Waals surface area contributed by atoms with Gasteiger partial charge in [-0.3, -0.25) is 4.90 Å². The molecule has 0 fully saturated rings. The summed E-state index contributed by atoms with van der Waals surface area (Å²) < 4.78 is 15.8. The minimum Gasteiger partial charge on any atom is -0.399 e. The third-order valence-corrected chi connectivity index (χ3v) is 3.16. The second-order valence-electron chi connectivity index (χ2n) is 4.83. The Kier molecular flexibility index (Phi) is 9.82. The van der Waals surface area contributed by atoms with E-state index in [1.54, 1.807) is 7.11 Å². The molecule has 21 heavy (non-hydrogen) atoms.